The summed E-state index contributed by atoms with van der Waals surface area (Å²) in [6.07, 6.45) is 3.77. The van der Waals surface area contributed by atoms with Crippen LogP contribution in [0.1, 0.15) is 0 Å². The molecule has 0 saturated carbocycles. The molecule has 9 rings (SSSR count). The molecule has 2 aliphatic rings. The first-order valence-electron chi connectivity index (χ1n) is 14.5. The summed E-state index contributed by atoms with van der Waals surface area (Å²) in [6, 6.07) is 51.2. The highest BCUT2D eigenvalue weighted by Crippen LogP contribution is 2.48. The number of aromatic nitrogens is 1. The predicted molar refractivity (Wildman–Crippen MR) is 177 cm³/mol. The van der Waals surface area contributed by atoms with Crippen LogP contribution in [0.5, 0.6) is 0 Å². The van der Waals surface area contributed by atoms with E-state index in [4.69, 9.17) is 0 Å². The number of hydrogen-bond acceptors (Lipinski definition) is 2. The van der Waals surface area contributed by atoms with E-state index in [0.717, 1.165) is 5.56 Å². The maximum Gasteiger partial charge on any atom is 0.329 e. The third-order valence-electron chi connectivity index (χ3n) is 8.96. The lowest BCUT2D eigenvalue weighted by Gasteiger charge is -2.43. The van der Waals surface area contributed by atoms with Crippen LogP contribution < -0.4 is 15.7 Å². The molecule has 0 spiro atoms. The quantitative estimate of drug-likeness (QED) is 0.208. The van der Waals surface area contributed by atoms with E-state index in [-0.39, 0.29) is 6.85 Å². The SMILES string of the molecule is c1cncc(-c2ccc3c(c2)-c2ccccc2B2c4ccccc4-c4cc(-c5cccc6ccccc56)ccc4N23)c1. The highest BCUT2D eigenvalue weighted by atomic mass is 15.1. The van der Waals surface area contributed by atoms with Crippen molar-refractivity contribution in [2.24, 2.45) is 0 Å². The van der Waals surface area contributed by atoms with E-state index in [2.05, 4.69) is 143 Å². The van der Waals surface area contributed by atoms with E-state index in [1.54, 1.807) is 0 Å². The second kappa shape index (κ2) is 9.05. The molecule has 1 aromatic heterocycles. The molecule has 0 atom stereocenters. The molecule has 6 aromatic carbocycles. The van der Waals surface area contributed by atoms with Crippen molar-refractivity contribution in [2.45, 2.75) is 0 Å². The van der Waals surface area contributed by atoms with Gasteiger partial charge in [-0.05, 0) is 79.8 Å². The fourth-order valence-corrected chi connectivity index (χ4v) is 7.10. The molecule has 42 heavy (non-hydrogen) atoms. The summed E-state index contributed by atoms with van der Waals surface area (Å²) in [5.41, 5.74) is 15.1. The zero-order valence-electron chi connectivity index (χ0n) is 22.9. The molecule has 0 N–H and O–H groups in total. The van der Waals surface area contributed by atoms with Gasteiger partial charge in [0, 0.05) is 40.5 Å². The van der Waals surface area contributed by atoms with Crippen molar-refractivity contribution in [3.8, 4) is 44.5 Å². The Morgan fingerprint density at radius 2 is 1.07 bits per heavy atom. The van der Waals surface area contributed by atoms with Gasteiger partial charge in [0.05, 0.1) is 0 Å². The second-order valence-electron chi connectivity index (χ2n) is 11.2. The lowest BCUT2D eigenvalue weighted by Crippen LogP contribution is -2.59. The molecule has 0 aliphatic carbocycles. The molecule has 0 amide bonds. The summed E-state index contributed by atoms with van der Waals surface area (Å²) < 4.78 is 0. The van der Waals surface area contributed by atoms with Gasteiger partial charge in [0.15, 0.2) is 0 Å². The molecular formula is C39H25BN2. The Labute approximate surface area is 245 Å². The van der Waals surface area contributed by atoms with Gasteiger partial charge in [0.1, 0.15) is 0 Å². The lowest BCUT2D eigenvalue weighted by atomic mass is 9.43. The number of anilines is 2. The van der Waals surface area contributed by atoms with Gasteiger partial charge in [-0.15, -0.1) is 0 Å². The summed E-state index contributed by atoms with van der Waals surface area (Å²) in [4.78, 5) is 6.94. The van der Waals surface area contributed by atoms with Gasteiger partial charge in [-0.3, -0.25) is 4.98 Å². The number of hydrogen-bond donors (Lipinski definition) is 0. The molecule has 194 valence electrons. The smallest absolute Gasteiger partial charge is 0.329 e. The molecule has 3 heterocycles. The molecule has 2 aliphatic heterocycles. The van der Waals surface area contributed by atoms with Crippen molar-refractivity contribution < 1.29 is 0 Å². The van der Waals surface area contributed by atoms with Crippen LogP contribution >= 0.6 is 0 Å². The summed E-state index contributed by atoms with van der Waals surface area (Å²) in [5.74, 6) is 0. The van der Waals surface area contributed by atoms with E-state index in [1.807, 2.05) is 18.5 Å². The summed E-state index contributed by atoms with van der Waals surface area (Å²) in [6.45, 7) is 0.102. The Morgan fingerprint density at radius 3 is 1.81 bits per heavy atom. The molecule has 0 bridgehead atoms. The fraction of sp³-hybridized carbons (Fsp3) is 0. The molecule has 0 radical (unpaired) electrons. The number of nitrogens with zero attached hydrogens (tertiary/aromatic N) is 2. The molecule has 3 heteroatoms. The molecule has 0 fully saturated rings. The van der Waals surface area contributed by atoms with Crippen LogP contribution in [0.2, 0.25) is 0 Å². The van der Waals surface area contributed by atoms with Crippen molar-refractivity contribution in [3.63, 3.8) is 0 Å². The second-order valence-corrected chi connectivity index (χ2v) is 11.2. The van der Waals surface area contributed by atoms with Crippen LogP contribution in [0.15, 0.2) is 152 Å². The van der Waals surface area contributed by atoms with Crippen LogP contribution in [0.25, 0.3) is 55.3 Å². The molecule has 0 saturated heterocycles. The number of pyridine rings is 1. The van der Waals surface area contributed by atoms with E-state index in [1.165, 1.54) is 72.0 Å². The molecular weight excluding hydrogens is 507 g/mol. The standard InChI is InChI=1S/C39H25BN2/c1-2-12-30-26(9-1)10-7-15-31(30)28-19-21-39-35(24-28)33-14-4-6-17-37(33)40-36-16-5-3-13-32(36)34-23-27(18-20-38(34)42(39)40)29-11-8-22-41-25-29/h1-25H. The fourth-order valence-electron chi connectivity index (χ4n) is 7.10. The predicted octanol–water partition coefficient (Wildman–Crippen LogP) is 8.47. The summed E-state index contributed by atoms with van der Waals surface area (Å²) in [7, 11) is 0. The summed E-state index contributed by atoms with van der Waals surface area (Å²) >= 11 is 0. The average Bonchev–Trinajstić information content (AvgIpc) is 3.07. The lowest BCUT2D eigenvalue weighted by molar-refractivity contribution is 1.32. The van der Waals surface area contributed by atoms with Gasteiger partial charge < -0.3 is 4.81 Å². The van der Waals surface area contributed by atoms with Gasteiger partial charge in [-0.1, -0.05) is 109 Å². The third kappa shape index (κ3) is 3.37. The van der Waals surface area contributed by atoms with Crippen LogP contribution in [0.4, 0.5) is 11.4 Å². The molecule has 7 aromatic rings. The van der Waals surface area contributed by atoms with Crippen molar-refractivity contribution in [1.82, 2.24) is 4.98 Å². The number of rotatable bonds is 2. The Bertz CT molecular complexity index is 2160. The topological polar surface area (TPSA) is 16.1 Å². The number of benzene rings is 6. The van der Waals surface area contributed by atoms with E-state index >= 15 is 0 Å². The molecule has 2 nitrogen and oxygen atoms in total. The van der Waals surface area contributed by atoms with Gasteiger partial charge >= 0.3 is 6.85 Å². The zero-order chi connectivity index (χ0) is 27.6. The Balaban J connectivity index is 1.30. The van der Waals surface area contributed by atoms with E-state index in [0.29, 0.717) is 0 Å². The van der Waals surface area contributed by atoms with Crippen molar-refractivity contribution in [3.05, 3.63) is 152 Å². The van der Waals surface area contributed by atoms with Crippen molar-refractivity contribution in [2.75, 3.05) is 4.81 Å². The first-order chi connectivity index (χ1) is 20.8. The maximum absolute atomic E-state index is 4.38. The van der Waals surface area contributed by atoms with Crippen LogP contribution in [0, 0.1) is 0 Å². The van der Waals surface area contributed by atoms with Gasteiger partial charge in [0.2, 0.25) is 0 Å². The zero-order valence-corrected chi connectivity index (χ0v) is 22.9. The largest absolute Gasteiger partial charge is 0.376 e. The van der Waals surface area contributed by atoms with Gasteiger partial charge in [-0.2, -0.15) is 0 Å². The van der Waals surface area contributed by atoms with Crippen LogP contribution in [-0.2, 0) is 0 Å². The minimum absolute atomic E-state index is 0.102. The molecule has 0 unspecified atom stereocenters. The van der Waals surface area contributed by atoms with Crippen molar-refractivity contribution in [1.29, 1.82) is 0 Å². The minimum Gasteiger partial charge on any atom is -0.376 e. The van der Waals surface area contributed by atoms with Gasteiger partial charge in [0.25, 0.3) is 0 Å². The van der Waals surface area contributed by atoms with Crippen LogP contribution in [-0.4, -0.2) is 11.8 Å². The Kier molecular flexibility index (Phi) is 5.03. The van der Waals surface area contributed by atoms with E-state index in [9.17, 15) is 0 Å². The first kappa shape index (κ1) is 23.3. The number of fused-ring (bicyclic) bond motifs is 12. The summed E-state index contributed by atoms with van der Waals surface area (Å²) in [5, 5.41) is 2.54. The maximum atomic E-state index is 4.38. The highest BCUT2D eigenvalue weighted by molar-refractivity contribution is 6.92. The Morgan fingerprint density at radius 1 is 0.452 bits per heavy atom. The monoisotopic (exact) mass is 532 g/mol. The van der Waals surface area contributed by atoms with Crippen molar-refractivity contribution >= 4 is 39.9 Å². The minimum atomic E-state index is 0.102. The first-order valence-corrected chi connectivity index (χ1v) is 14.5. The highest BCUT2D eigenvalue weighted by Gasteiger charge is 2.42. The third-order valence-corrected chi connectivity index (χ3v) is 8.96. The van der Waals surface area contributed by atoms with Gasteiger partial charge in [-0.25, -0.2) is 0 Å². The normalized spacial score (nSPS) is 12.7. The van der Waals surface area contributed by atoms with Crippen LogP contribution in [0.3, 0.4) is 0 Å². The Hall–Kier alpha value is -5.41. The average molecular weight is 532 g/mol. The van der Waals surface area contributed by atoms with E-state index < -0.39 is 0 Å².